The first kappa shape index (κ1) is 39.7. The predicted molar refractivity (Wildman–Crippen MR) is 224 cm³/mol. The molecule has 8 rings (SSSR count). The van der Waals surface area contributed by atoms with E-state index < -0.39 is 20.0 Å². The van der Waals surface area contributed by atoms with Crippen LogP contribution in [0.1, 0.15) is 22.5 Å². The van der Waals surface area contributed by atoms with Gasteiger partial charge in [0.05, 0.1) is 35.9 Å². The third-order valence-corrected chi connectivity index (χ3v) is 12.8. The molecule has 2 aromatic carbocycles. The number of pyridine rings is 4. The van der Waals surface area contributed by atoms with Gasteiger partial charge in [0.25, 0.3) is 0 Å². The molecule has 2 N–H and O–H groups in total. The summed E-state index contributed by atoms with van der Waals surface area (Å²) in [5.74, 6) is 0.808. The minimum absolute atomic E-state index is 0.0331. The molecule has 6 aromatic heterocycles. The lowest BCUT2D eigenvalue weighted by atomic mass is 10.2. The number of hydrazine groups is 1. The molecule has 6 heterocycles. The second-order valence-electron chi connectivity index (χ2n) is 13.4. The summed E-state index contributed by atoms with van der Waals surface area (Å²) in [5.41, 5.74) is 10.3. The molecule has 0 saturated heterocycles. The van der Waals surface area contributed by atoms with E-state index in [4.69, 9.17) is 9.97 Å². The topological polar surface area (TPSA) is 186 Å². The van der Waals surface area contributed by atoms with Gasteiger partial charge < -0.3 is 0 Å². The van der Waals surface area contributed by atoms with Crippen molar-refractivity contribution in [3.05, 3.63) is 193 Å². The van der Waals surface area contributed by atoms with Crippen molar-refractivity contribution in [1.82, 2.24) is 48.1 Å². The maximum absolute atomic E-state index is 14.0. The van der Waals surface area contributed by atoms with E-state index >= 15 is 0 Å². The van der Waals surface area contributed by atoms with Crippen LogP contribution in [-0.2, 0) is 46.2 Å². The van der Waals surface area contributed by atoms with Gasteiger partial charge in [-0.05, 0) is 96.1 Å². The first-order chi connectivity index (χ1) is 29.2. The Kier molecular flexibility index (Phi) is 11.8. The lowest BCUT2D eigenvalue weighted by Crippen LogP contribution is -2.31. The molecule has 16 nitrogen and oxygen atoms in total. The highest BCUT2D eigenvalue weighted by molar-refractivity contribution is 7.89. The smallest absolute Gasteiger partial charge is 0.245 e. The number of rotatable bonds is 17. The zero-order valence-corrected chi connectivity index (χ0v) is 33.5. The normalized spacial score (nSPS) is 11.8. The number of benzene rings is 2. The molecular weight excluding hydrogens is 801 g/mol. The lowest BCUT2D eigenvalue weighted by Gasteiger charge is -2.23. The van der Waals surface area contributed by atoms with E-state index in [1.807, 2.05) is 73.1 Å². The van der Waals surface area contributed by atoms with Crippen molar-refractivity contribution in [2.24, 2.45) is 0 Å². The van der Waals surface area contributed by atoms with Gasteiger partial charge >= 0.3 is 0 Å². The minimum Gasteiger partial charge on any atom is -0.283 e. The average molecular weight is 839 g/mol. The molecule has 0 unspecified atom stereocenters. The van der Waals surface area contributed by atoms with Crippen LogP contribution in [0.5, 0.6) is 0 Å². The van der Waals surface area contributed by atoms with Gasteiger partial charge in [-0.25, -0.2) is 36.2 Å². The van der Waals surface area contributed by atoms with Crippen molar-refractivity contribution in [3.63, 3.8) is 0 Å². The summed E-state index contributed by atoms with van der Waals surface area (Å²) >= 11 is 0. The Morgan fingerprint density at radius 1 is 0.467 bits per heavy atom. The summed E-state index contributed by atoms with van der Waals surface area (Å²) < 4.78 is 62.0. The zero-order valence-electron chi connectivity index (χ0n) is 31.9. The second-order valence-corrected chi connectivity index (χ2v) is 17.3. The lowest BCUT2D eigenvalue weighted by molar-refractivity contribution is 0.396. The largest absolute Gasteiger partial charge is 0.283 e. The van der Waals surface area contributed by atoms with Gasteiger partial charge in [-0.2, -0.15) is 18.8 Å². The summed E-state index contributed by atoms with van der Waals surface area (Å²) in [6.45, 7) is 0.0905. The average Bonchev–Trinajstić information content (AvgIpc) is 4.03. The Bertz CT molecular complexity index is 2650. The molecule has 0 bridgehead atoms. The molecule has 0 fully saturated rings. The van der Waals surface area contributed by atoms with E-state index in [0.29, 0.717) is 23.0 Å². The van der Waals surface area contributed by atoms with Crippen LogP contribution >= 0.6 is 0 Å². The van der Waals surface area contributed by atoms with Crippen LogP contribution in [0.4, 0.5) is 11.6 Å². The molecule has 0 saturated carbocycles. The van der Waals surface area contributed by atoms with E-state index in [9.17, 15) is 16.8 Å². The van der Waals surface area contributed by atoms with Gasteiger partial charge in [0.2, 0.25) is 20.0 Å². The van der Waals surface area contributed by atoms with Crippen LogP contribution in [0, 0.1) is 0 Å². The summed E-state index contributed by atoms with van der Waals surface area (Å²) in [6.07, 6.45) is 12.7. The molecule has 0 amide bonds. The van der Waals surface area contributed by atoms with Crippen LogP contribution < -0.4 is 10.9 Å². The maximum Gasteiger partial charge on any atom is 0.245 e. The Hall–Kier alpha value is -7.12. The highest BCUT2D eigenvalue weighted by atomic mass is 32.2. The summed E-state index contributed by atoms with van der Waals surface area (Å²) in [5, 5.41) is 8.53. The van der Waals surface area contributed by atoms with Crippen LogP contribution in [0.15, 0.2) is 181 Å². The Morgan fingerprint density at radius 3 is 1.27 bits per heavy atom. The van der Waals surface area contributed by atoms with Crippen molar-refractivity contribution in [1.29, 1.82) is 0 Å². The zero-order chi connectivity index (χ0) is 41.4. The van der Waals surface area contributed by atoms with Crippen LogP contribution in [-0.4, -0.2) is 64.9 Å². The monoisotopic (exact) mass is 838 g/mol. The Balaban J connectivity index is 0.979. The molecule has 8 aromatic rings. The number of aromatic nitrogens is 8. The van der Waals surface area contributed by atoms with Crippen LogP contribution in [0.2, 0.25) is 0 Å². The van der Waals surface area contributed by atoms with E-state index in [1.54, 1.807) is 70.3 Å². The van der Waals surface area contributed by atoms with Crippen LogP contribution in [0.25, 0.3) is 11.4 Å². The molecule has 302 valence electrons. The van der Waals surface area contributed by atoms with E-state index in [-0.39, 0.29) is 36.0 Å². The number of anilines is 2. The predicted octanol–water partition coefficient (Wildman–Crippen LogP) is 5.86. The molecule has 0 atom stereocenters. The fraction of sp³-hybridized carbons (Fsp3) is 0.0952. The van der Waals surface area contributed by atoms with Crippen molar-refractivity contribution in [3.8, 4) is 11.4 Å². The molecular formula is C42H38N12O4S2. The van der Waals surface area contributed by atoms with Crippen molar-refractivity contribution < 1.29 is 16.8 Å². The molecule has 0 spiro atoms. The number of nitrogens with one attached hydrogen (secondary N) is 2. The van der Waals surface area contributed by atoms with Gasteiger partial charge in [0.15, 0.2) is 0 Å². The molecule has 0 radical (unpaired) electrons. The molecule has 0 aliphatic rings. The molecule has 0 aliphatic heterocycles. The summed E-state index contributed by atoms with van der Waals surface area (Å²) in [4.78, 5) is 17.6. The number of nitrogens with zero attached hydrogens (tertiary/aromatic N) is 10. The second kappa shape index (κ2) is 17.8. The van der Waals surface area contributed by atoms with E-state index in [1.165, 1.54) is 45.5 Å². The summed E-state index contributed by atoms with van der Waals surface area (Å²) in [6, 6.07) is 35.4. The van der Waals surface area contributed by atoms with Gasteiger partial charge in [-0.15, -0.1) is 0 Å². The molecule has 60 heavy (non-hydrogen) atoms. The molecule has 0 aliphatic carbocycles. The minimum atomic E-state index is -3.98. The maximum atomic E-state index is 14.0. The van der Waals surface area contributed by atoms with Crippen molar-refractivity contribution >= 4 is 31.7 Å². The fourth-order valence-corrected chi connectivity index (χ4v) is 9.00. The quantitative estimate of drug-likeness (QED) is 0.104. The van der Waals surface area contributed by atoms with Crippen LogP contribution in [0.3, 0.4) is 0 Å². The first-order valence-corrected chi connectivity index (χ1v) is 21.5. The number of hydrogen-bond acceptors (Lipinski definition) is 12. The van der Waals surface area contributed by atoms with Gasteiger partial charge in [-0.1, -0.05) is 36.4 Å². The Labute approximate surface area is 346 Å². The van der Waals surface area contributed by atoms with E-state index in [0.717, 1.165) is 22.5 Å². The highest BCUT2D eigenvalue weighted by Crippen LogP contribution is 2.24. The standard InChI is InChI=1S/C42H38N12O4S2/c55-59(56,39-9-3-21-43-27-39)51(29-33-13-17-37(18-14-33)53-25-5-23-45-53)31-35-7-1-11-41(47-35)49-50-42-12-2-8-36(48-42)32-52(60(57,58)40-10-4-22-44-28-40)30-34-15-19-38(20-16-34)54-26-6-24-46-54/h1-28H,29-32H2,(H,47,49)(H,48,50). The van der Waals surface area contributed by atoms with E-state index in [2.05, 4.69) is 31.0 Å². The number of sulfonamides is 2. The van der Waals surface area contributed by atoms with Crippen molar-refractivity contribution in [2.75, 3.05) is 10.9 Å². The third kappa shape index (κ3) is 9.43. The SMILES string of the molecule is O=S(=O)(c1cccnc1)N(Cc1ccc(-n2cccn2)cc1)Cc1cccc(NNc2cccc(CN(Cc3ccc(-n4cccn4)cc3)S(=O)(=O)c3cccnc3)n2)n1. The van der Waals surface area contributed by atoms with Gasteiger partial charge in [0.1, 0.15) is 21.4 Å². The third-order valence-electron chi connectivity index (χ3n) is 9.28. The molecule has 18 heteroatoms. The number of hydrogen-bond donors (Lipinski definition) is 2. The fourth-order valence-electron chi connectivity index (χ4n) is 6.27. The van der Waals surface area contributed by atoms with Gasteiger partial charge in [0, 0.05) is 62.7 Å². The first-order valence-electron chi connectivity index (χ1n) is 18.6. The highest BCUT2D eigenvalue weighted by Gasteiger charge is 2.27. The summed E-state index contributed by atoms with van der Waals surface area (Å²) in [7, 11) is -7.96. The van der Waals surface area contributed by atoms with Crippen molar-refractivity contribution in [2.45, 2.75) is 36.0 Å². The Morgan fingerprint density at radius 2 is 0.900 bits per heavy atom. The van der Waals surface area contributed by atoms with Gasteiger partial charge in [-0.3, -0.25) is 20.8 Å².